The lowest BCUT2D eigenvalue weighted by molar-refractivity contribution is 0.609. The number of hydrogen-bond donors (Lipinski definition) is 1. The van der Waals surface area contributed by atoms with E-state index >= 15 is 0 Å². The van der Waals surface area contributed by atoms with Crippen LogP contribution < -0.4 is 0 Å². The molecule has 1 N–H and O–H groups in total. The Balaban J connectivity index is 2.63. The van der Waals surface area contributed by atoms with E-state index in [0.29, 0.717) is 5.52 Å². The summed E-state index contributed by atoms with van der Waals surface area (Å²) < 4.78 is 22.3. The highest BCUT2D eigenvalue weighted by Crippen LogP contribution is 2.22. The van der Waals surface area contributed by atoms with Crippen LogP contribution in [0.25, 0.3) is 11.0 Å². The molecular formula is C10H11ClN2O2S. The Morgan fingerprint density at radius 3 is 2.62 bits per heavy atom. The number of hydrogen-bond acceptors (Lipinski definition) is 3. The van der Waals surface area contributed by atoms with E-state index in [-0.39, 0.29) is 10.8 Å². The minimum absolute atomic E-state index is 0.0839. The fourth-order valence-corrected chi connectivity index (χ4v) is 2.21. The van der Waals surface area contributed by atoms with Crippen LogP contribution in [0.5, 0.6) is 0 Å². The second-order valence-corrected chi connectivity index (χ2v) is 6.46. The molecule has 86 valence electrons. The molecule has 0 aliphatic carbocycles. The smallest absolute Gasteiger partial charge is 0.261 e. The van der Waals surface area contributed by atoms with Gasteiger partial charge in [0.05, 0.1) is 15.9 Å². The summed E-state index contributed by atoms with van der Waals surface area (Å²) in [5, 5.41) is 0. The van der Waals surface area contributed by atoms with Crippen LogP contribution >= 0.6 is 10.7 Å². The molecule has 1 aromatic heterocycles. The molecule has 0 aliphatic heterocycles. The molecule has 6 heteroatoms. The van der Waals surface area contributed by atoms with Gasteiger partial charge in [-0.1, -0.05) is 13.8 Å². The van der Waals surface area contributed by atoms with Crippen LogP contribution in [-0.4, -0.2) is 18.4 Å². The number of H-pyrrole nitrogens is 1. The molecule has 0 unspecified atom stereocenters. The first kappa shape index (κ1) is 11.4. The molecule has 0 fully saturated rings. The SMILES string of the molecule is CC(C)c1nc2ccc(S(=O)(=O)Cl)cc2[nH]1. The molecule has 1 aromatic carbocycles. The predicted octanol–water partition coefficient (Wildman–Crippen LogP) is 2.61. The summed E-state index contributed by atoms with van der Waals surface area (Å²) in [5.41, 5.74) is 1.43. The van der Waals surface area contributed by atoms with Crippen LogP contribution in [0, 0.1) is 0 Å². The van der Waals surface area contributed by atoms with Gasteiger partial charge in [-0.05, 0) is 18.2 Å². The van der Waals surface area contributed by atoms with Gasteiger partial charge in [0, 0.05) is 16.6 Å². The first-order chi connectivity index (χ1) is 7.38. The Hall–Kier alpha value is -1.07. The number of nitrogens with zero attached hydrogens (tertiary/aromatic N) is 1. The van der Waals surface area contributed by atoms with Crippen LogP contribution in [0.4, 0.5) is 0 Å². The number of nitrogens with one attached hydrogen (secondary N) is 1. The molecular weight excluding hydrogens is 248 g/mol. The molecule has 0 saturated carbocycles. The zero-order valence-electron chi connectivity index (χ0n) is 8.86. The zero-order valence-corrected chi connectivity index (χ0v) is 10.4. The third kappa shape index (κ3) is 2.05. The molecule has 1 heterocycles. The van der Waals surface area contributed by atoms with Crippen molar-refractivity contribution < 1.29 is 8.42 Å². The van der Waals surface area contributed by atoms with E-state index in [1.807, 2.05) is 13.8 Å². The van der Waals surface area contributed by atoms with Crippen molar-refractivity contribution in [1.82, 2.24) is 9.97 Å². The van der Waals surface area contributed by atoms with E-state index in [9.17, 15) is 8.42 Å². The van der Waals surface area contributed by atoms with Crippen LogP contribution in [0.3, 0.4) is 0 Å². The summed E-state index contributed by atoms with van der Waals surface area (Å²) in [5.74, 6) is 1.10. The Labute approximate surface area is 98.1 Å². The molecule has 16 heavy (non-hydrogen) atoms. The molecule has 4 nitrogen and oxygen atoms in total. The fraction of sp³-hybridized carbons (Fsp3) is 0.300. The maximum atomic E-state index is 11.1. The highest BCUT2D eigenvalue weighted by molar-refractivity contribution is 8.13. The average molecular weight is 259 g/mol. The summed E-state index contributed by atoms with van der Waals surface area (Å²) in [7, 11) is 1.59. The molecule has 2 rings (SSSR count). The van der Waals surface area contributed by atoms with Gasteiger partial charge in [-0.2, -0.15) is 0 Å². The molecule has 0 bridgehead atoms. The fourth-order valence-electron chi connectivity index (χ4n) is 1.43. The maximum Gasteiger partial charge on any atom is 0.261 e. The standard InChI is InChI=1S/C10H11ClN2O2S/c1-6(2)10-12-8-4-3-7(16(11,14)15)5-9(8)13-10/h3-6H,1-2H3,(H,12,13). The lowest BCUT2D eigenvalue weighted by atomic mass is 10.2. The Kier molecular flexibility index (Phi) is 2.67. The number of aromatic nitrogens is 2. The van der Waals surface area contributed by atoms with Crippen LogP contribution in [0.15, 0.2) is 23.1 Å². The summed E-state index contributed by atoms with van der Waals surface area (Å²) >= 11 is 0. The summed E-state index contributed by atoms with van der Waals surface area (Å²) in [6, 6.07) is 4.60. The van der Waals surface area contributed by atoms with Crippen molar-refractivity contribution in [3.63, 3.8) is 0 Å². The van der Waals surface area contributed by atoms with Crippen LogP contribution in [0.2, 0.25) is 0 Å². The Bertz CT molecular complexity index is 631. The first-order valence-corrected chi connectivity index (χ1v) is 7.13. The van der Waals surface area contributed by atoms with E-state index in [2.05, 4.69) is 9.97 Å². The largest absolute Gasteiger partial charge is 0.342 e. The van der Waals surface area contributed by atoms with Gasteiger partial charge in [0.2, 0.25) is 0 Å². The maximum absolute atomic E-state index is 11.1. The van der Waals surface area contributed by atoms with E-state index in [4.69, 9.17) is 10.7 Å². The quantitative estimate of drug-likeness (QED) is 0.843. The number of imidazole rings is 1. The number of rotatable bonds is 2. The lowest BCUT2D eigenvalue weighted by Gasteiger charge is -1.96. The van der Waals surface area contributed by atoms with Crippen molar-refractivity contribution in [1.29, 1.82) is 0 Å². The number of benzene rings is 1. The molecule has 0 amide bonds. The third-order valence-electron chi connectivity index (χ3n) is 2.30. The van der Waals surface area contributed by atoms with Gasteiger partial charge in [0.15, 0.2) is 0 Å². The minimum Gasteiger partial charge on any atom is -0.342 e. The van der Waals surface area contributed by atoms with E-state index in [0.717, 1.165) is 11.3 Å². The van der Waals surface area contributed by atoms with Crippen molar-refractivity contribution in [2.75, 3.05) is 0 Å². The van der Waals surface area contributed by atoms with Crippen molar-refractivity contribution in [2.24, 2.45) is 0 Å². The van der Waals surface area contributed by atoms with Gasteiger partial charge in [0.25, 0.3) is 9.05 Å². The summed E-state index contributed by atoms with van der Waals surface area (Å²) in [4.78, 5) is 7.50. The molecule has 0 radical (unpaired) electrons. The highest BCUT2D eigenvalue weighted by Gasteiger charge is 2.12. The van der Waals surface area contributed by atoms with Gasteiger partial charge >= 0.3 is 0 Å². The molecule has 2 aromatic rings. The van der Waals surface area contributed by atoms with Gasteiger partial charge in [0.1, 0.15) is 5.82 Å². The highest BCUT2D eigenvalue weighted by atomic mass is 35.7. The molecule has 0 saturated heterocycles. The van der Waals surface area contributed by atoms with Crippen LogP contribution in [0.1, 0.15) is 25.6 Å². The summed E-state index contributed by atoms with van der Waals surface area (Å²) in [6.07, 6.45) is 0. The van der Waals surface area contributed by atoms with Gasteiger partial charge in [-0.3, -0.25) is 0 Å². The normalized spacial score (nSPS) is 12.5. The van der Waals surface area contributed by atoms with E-state index in [1.54, 1.807) is 6.07 Å². The van der Waals surface area contributed by atoms with E-state index < -0.39 is 9.05 Å². The summed E-state index contributed by atoms with van der Waals surface area (Å²) in [6.45, 7) is 4.02. The number of halogens is 1. The monoisotopic (exact) mass is 258 g/mol. The van der Waals surface area contributed by atoms with Gasteiger partial charge in [-0.25, -0.2) is 13.4 Å². The van der Waals surface area contributed by atoms with Crippen molar-refractivity contribution in [2.45, 2.75) is 24.7 Å². The second-order valence-electron chi connectivity index (χ2n) is 3.89. The minimum atomic E-state index is -3.68. The van der Waals surface area contributed by atoms with Crippen molar-refractivity contribution >= 4 is 30.8 Å². The van der Waals surface area contributed by atoms with Gasteiger partial charge in [-0.15, -0.1) is 0 Å². The van der Waals surface area contributed by atoms with E-state index in [1.165, 1.54) is 12.1 Å². The Morgan fingerprint density at radius 1 is 1.38 bits per heavy atom. The zero-order chi connectivity index (χ0) is 11.9. The predicted molar refractivity (Wildman–Crippen MR) is 63.2 cm³/mol. The average Bonchev–Trinajstić information content (AvgIpc) is 2.58. The topological polar surface area (TPSA) is 62.8 Å². The van der Waals surface area contributed by atoms with Gasteiger partial charge < -0.3 is 4.98 Å². The van der Waals surface area contributed by atoms with Crippen molar-refractivity contribution in [3.8, 4) is 0 Å². The number of aromatic amines is 1. The van der Waals surface area contributed by atoms with Crippen LogP contribution in [-0.2, 0) is 9.05 Å². The molecule has 0 spiro atoms. The molecule has 0 atom stereocenters. The molecule has 0 aliphatic rings. The third-order valence-corrected chi connectivity index (χ3v) is 3.65. The lowest BCUT2D eigenvalue weighted by Crippen LogP contribution is -1.89. The Morgan fingerprint density at radius 2 is 2.06 bits per heavy atom. The van der Waals surface area contributed by atoms with Crippen molar-refractivity contribution in [3.05, 3.63) is 24.0 Å². The first-order valence-electron chi connectivity index (χ1n) is 4.82. The second kappa shape index (κ2) is 3.75. The number of fused-ring (bicyclic) bond motifs is 1.